The number of nitro groups is 1. The van der Waals surface area contributed by atoms with Crippen molar-refractivity contribution in [2.45, 2.75) is 12.2 Å². The van der Waals surface area contributed by atoms with E-state index < -0.39 is 29.1 Å². The Morgan fingerprint density at radius 3 is 2.21 bits per heavy atom. The van der Waals surface area contributed by atoms with E-state index in [0.29, 0.717) is 5.56 Å². The number of aliphatic carboxylic acids is 1. The summed E-state index contributed by atoms with van der Waals surface area (Å²) in [5, 5.41) is 19.4. The summed E-state index contributed by atoms with van der Waals surface area (Å²) >= 11 is 0. The van der Waals surface area contributed by atoms with Crippen LogP contribution in [0.25, 0.3) is 0 Å². The van der Waals surface area contributed by atoms with Crippen LogP contribution in [0.3, 0.4) is 0 Å². The fourth-order valence-corrected chi connectivity index (χ4v) is 2.16. The maximum Gasteiger partial charge on any atom is 0.343 e. The topological polar surface area (TPSA) is 119 Å². The molecule has 1 N–H and O–H groups in total. The van der Waals surface area contributed by atoms with Crippen LogP contribution in [-0.4, -0.2) is 28.1 Å². The van der Waals surface area contributed by atoms with Gasteiger partial charge in [-0.05, 0) is 29.8 Å². The van der Waals surface area contributed by atoms with Crippen molar-refractivity contribution >= 4 is 17.6 Å². The summed E-state index contributed by atoms with van der Waals surface area (Å²) in [6, 6.07) is 11.3. The van der Waals surface area contributed by atoms with E-state index >= 15 is 0 Å². The van der Waals surface area contributed by atoms with Crippen LogP contribution < -0.4 is 4.74 Å². The number of non-ortho nitro benzene ring substituents is 1. The molecule has 0 saturated carbocycles. The highest BCUT2D eigenvalue weighted by atomic mass is 16.6. The summed E-state index contributed by atoms with van der Waals surface area (Å²) in [6.07, 6.45) is -1.32. The van der Waals surface area contributed by atoms with Crippen LogP contribution in [0.4, 0.5) is 5.69 Å². The number of carboxylic acids is 1. The molecule has 0 aliphatic carbocycles. The van der Waals surface area contributed by atoms with Gasteiger partial charge in [-0.2, -0.15) is 0 Å². The van der Waals surface area contributed by atoms with Crippen molar-refractivity contribution in [1.29, 1.82) is 0 Å². The van der Waals surface area contributed by atoms with Crippen LogP contribution in [0.5, 0.6) is 5.75 Å². The molecule has 0 bridgehead atoms. The molecule has 1 saturated heterocycles. The average Bonchev–Trinajstić information content (AvgIpc) is 3.36. The fourth-order valence-electron chi connectivity index (χ4n) is 2.16. The summed E-state index contributed by atoms with van der Waals surface area (Å²) in [6.45, 7) is 0. The van der Waals surface area contributed by atoms with Gasteiger partial charge in [0.25, 0.3) is 5.69 Å². The highest BCUT2D eigenvalue weighted by Crippen LogP contribution is 2.39. The first-order valence-corrected chi connectivity index (χ1v) is 6.90. The highest BCUT2D eigenvalue weighted by molar-refractivity contribution is 5.91. The molecule has 3 rings (SSSR count). The van der Waals surface area contributed by atoms with Gasteiger partial charge in [-0.1, -0.05) is 12.1 Å². The third-order valence-electron chi connectivity index (χ3n) is 3.47. The predicted octanol–water partition coefficient (Wildman–Crippen LogP) is 2.34. The van der Waals surface area contributed by atoms with Crippen molar-refractivity contribution in [3.63, 3.8) is 0 Å². The lowest BCUT2D eigenvalue weighted by molar-refractivity contribution is -0.384. The smallest absolute Gasteiger partial charge is 0.343 e. The lowest BCUT2D eigenvalue weighted by Crippen LogP contribution is -2.08. The van der Waals surface area contributed by atoms with E-state index in [0.717, 1.165) is 0 Å². The van der Waals surface area contributed by atoms with Gasteiger partial charge in [0, 0.05) is 12.1 Å². The number of nitro benzene ring substituents is 1. The molecule has 2 aromatic rings. The third kappa shape index (κ3) is 3.23. The minimum Gasteiger partial charge on any atom is -0.479 e. The molecule has 1 fully saturated rings. The fraction of sp³-hybridized carbons (Fsp3) is 0.125. The zero-order chi connectivity index (χ0) is 17.3. The van der Waals surface area contributed by atoms with Crippen molar-refractivity contribution in [3.8, 4) is 5.75 Å². The Bertz CT molecular complexity index is 798. The maximum absolute atomic E-state index is 12.0. The summed E-state index contributed by atoms with van der Waals surface area (Å²) < 4.78 is 10.2. The number of ether oxygens (including phenoxy) is 2. The predicted molar refractivity (Wildman–Crippen MR) is 79.7 cm³/mol. The summed E-state index contributed by atoms with van der Waals surface area (Å²) in [5.41, 5.74) is 0.743. The minimum atomic E-state index is -1.02. The molecule has 0 aromatic heterocycles. The monoisotopic (exact) mass is 329 g/mol. The zero-order valence-electron chi connectivity index (χ0n) is 12.1. The molecule has 2 aromatic carbocycles. The van der Waals surface area contributed by atoms with Gasteiger partial charge in [0.15, 0.2) is 6.10 Å². The van der Waals surface area contributed by atoms with Crippen molar-refractivity contribution in [2.75, 3.05) is 0 Å². The largest absolute Gasteiger partial charge is 0.479 e. The molecule has 122 valence electrons. The van der Waals surface area contributed by atoms with Gasteiger partial charge in [0.05, 0.1) is 10.5 Å². The number of rotatable bonds is 5. The number of esters is 1. The van der Waals surface area contributed by atoms with E-state index in [1.54, 1.807) is 12.1 Å². The molecule has 0 amide bonds. The maximum atomic E-state index is 12.0. The van der Waals surface area contributed by atoms with Gasteiger partial charge in [0.1, 0.15) is 11.9 Å². The molecule has 1 aliphatic heterocycles. The van der Waals surface area contributed by atoms with Crippen LogP contribution in [0, 0.1) is 10.1 Å². The molecule has 24 heavy (non-hydrogen) atoms. The van der Waals surface area contributed by atoms with Gasteiger partial charge in [0.2, 0.25) is 0 Å². The number of carboxylic acid groups (broad SMARTS) is 1. The normalized spacial score (nSPS) is 18.7. The lowest BCUT2D eigenvalue weighted by Gasteiger charge is -2.05. The van der Waals surface area contributed by atoms with E-state index in [1.165, 1.54) is 36.4 Å². The highest BCUT2D eigenvalue weighted by Gasteiger charge is 2.46. The van der Waals surface area contributed by atoms with Crippen molar-refractivity contribution in [3.05, 3.63) is 69.8 Å². The van der Waals surface area contributed by atoms with Gasteiger partial charge in [-0.3, -0.25) is 10.1 Å². The number of carbonyl (C=O) groups is 2. The molecule has 2 atom stereocenters. The van der Waals surface area contributed by atoms with Crippen molar-refractivity contribution < 1.29 is 29.1 Å². The molecular formula is C16H11NO7. The Labute approximate surface area is 135 Å². The Balaban J connectivity index is 1.64. The number of benzene rings is 2. The summed E-state index contributed by atoms with van der Waals surface area (Å²) in [4.78, 5) is 32.7. The third-order valence-corrected chi connectivity index (χ3v) is 3.47. The first kappa shape index (κ1) is 15.6. The Kier molecular flexibility index (Phi) is 3.97. The molecule has 0 unspecified atom stereocenters. The van der Waals surface area contributed by atoms with Crippen LogP contribution >= 0.6 is 0 Å². The van der Waals surface area contributed by atoms with Gasteiger partial charge in [-0.15, -0.1) is 0 Å². The number of hydrogen-bond donors (Lipinski definition) is 1. The standard InChI is InChI=1S/C16H11NO7/c18-15(19)14-13(24-14)9-3-7-12(8-4-9)23-16(20)10-1-5-11(6-2-10)17(21)22/h1-8,13-14H,(H,18,19)/t13-,14+/m0/s1. The van der Waals surface area contributed by atoms with Gasteiger partial charge in [-0.25, -0.2) is 9.59 Å². The summed E-state index contributed by atoms with van der Waals surface area (Å²) in [7, 11) is 0. The van der Waals surface area contributed by atoms with E-state index in [4.69, 9.17) is 14.6 Å². The molecule has 1 heterocycles. The lowest BCUT2D eigenvalue weighted by atomic mass is 10.1. The second kappa shape index (κ2) is 6.09. The summed E-state index contributed by atoms with van der Waals surface area (Å²) in [5.74, 6) is -1.40. The van der Waals surface area contributed by atoms with Crippen LogP contribution in [0.1, 0.15) is 22.0 Å². The Morgan fingerprint density at radius 2 is 1.71 bits per heavy atom. The van der Waals surface area contributed by atoms with Gasteiger partial charge < -0.3 is 14.6 Å². The second-order valence-corrected chi connectivity index (χ2v) is 5.08. The Morgan fingerprint density at radius 1 is 1.08 bits per heavy atom. The average molecular weight is 329 g/mol. The molecule has 8 nitrogen and oxygen atoms in total. The molecule has 0 spiro atoms. The Hall–Kier alpha value is -3.26. The minimum absolute atomic E-state index is 0.117. The van der Waals surface area contributed by atoms with Gasteiger partial charge >= 0.3 is 11.9 Å². The van der Waals surface area contributed by atoms with E-state index in [1.807, 2.05) is 0 Å². The first-order chi connectivity index (χ1) is 11.5. The van der Waals surface area contributed by atoms with E-state index in [2.05, 4.69) is 0 Å². The van der Waals surface area contributed by atoms with E-state index in [-0.39, 0.29) is 17.0 Å². The number of nitrogens with zero attached hydrogens (tertiary/aromatic N) is 1. The SMILES string of the molecule is O=C(Oc1ccc([C@@H]2O[C@H]2C(=O)O)cc1)c1ccc([N+](=O)[O-])cc1. The van der Waals surface area contributed by atoms with Crippen LogP contribution in [0.15, 0.2) is 48.5 Å². The quantitative estimate of drug-likeness (QED) is 0.294. The van der Waals surface area contributed by atoms with Crippen LogP contribution in [-0.2, 0) is 9.53 Å². The van der Waals surface area contributed by atoms with Crippen molar-refractivity contribution in [1.82, 2.24) is 0 Å². The zero-order valence-corrected chi connectivity index (χ0v) is 12.1. The number of epoxide rings is 1. The second-order valence-electron chi connectivity index (χ2n) is 5.08. The van der Waals surface area contributed by atoms with E-state index in [9.17, 15) is 19.7 Å². The molecular weight excluding hydrogens is 318 g/mol. The first-order valence-electron chi connectivity index (χ1n) is 6.90. The van der Waals surface area contributed by atoms with Crippen LogP contribution in [0.2, 0.25) is 0 Å². The molecule has 0 radical (unpaired) electrons. The van der Waals surface area contributed by atoms with Crippen molar-refractivity contribution in [2.24, 2.45) is 0 Å². The number of carbonyl (C=O) groups excluding carboxylic acids is 1. The molecule has 1 aliphatic rings. The number of hydrogen-bond acceptors (Lipinski definition) is 6. The molecule has 8 heteroatoms.